The van der Waals surface area contributed by atoms with Crippen molar-refractivity contribution in [3.8, 4) is 11.5 Å². The Balaban J connectivity index is 1.72. The number of anilines is 1. The summed E-state index contributed by atoms with van der Waals surface area (Å²) in [6.07, 6.45) is -6.35. The number of nitrogens with one attached hydrogen (secondary N) is 2. The molecule has 23 heavy (non-hydrogen) atoms. The zero-order valence-electron chi connectivity index (χ0n) is 11.7. The monoisotopic (exact) mass is 328 g/mol. The highest BCUT2D eigenvalue weighted by molar-refractivity contribution is 5.93. The van der Waals surface area contributed by atoms with Crippen molar-refractivity contribution < 1.29 is 27.4 Å². The topological polar surface area (TPSA) is 89.1 Å². The van der Waals surface area contributed by atoms with E-state index < -0.39 is 36.1 Å². The Morgan fingerprint density at radius 2 is 1.91 bits per heavy atom. The molecule has 0 spiro atoms. The minimum Gasteiger partial charge on any atom is -0.482 e. The van der Waals surface area contributed by atoms with Crippen LogP contribution in [0.5, 0.6) is 11.5 Å². The van der Waals surface area contributed by atoms with Gasteiger partial charge in [-0.3, -0.25) is 15.2 Å². The second-order valence-corrected chi connectivity index (χ2v) is 4.80. The van der Waals surface area contributed by atoms with Crippen molar-refractivity contribution in [3.05, 3.63) is 30.1 Å². The quantitative estimate of drug-likeness (QED) is 0.880. The molecular formula is C13H11F3N4O3. The average Bonchev–Trinajstić information content (AvgIpc) is 2.95. The van der Waals surface area contributed by atoms with Gasteiger partial charge in [-0.1, -0.05) is 12.1 Å². The lowest BCUT2D eigenvalue weighted by atomic mass is 10.1. The van der Waals surface area contributed by atoms with E-state index in [1.165, 1.54) is 0 Å². The number of carbonyl (C=O) groups is 1. The zero-order valence-corrected chi connectivity index (χ0v) is 11.7. The number of rotatable bonds is 2. The summed E-state index contributed by atoms with van der Waals surface area (Å²) in [5, 5.41) is 7.18. The molecule has 1 aliphatic heterocycles. The molecule has 3 rings (SSSR count). The number of alkyl halides is 3. The Hall–Kier alpha value is -2.78. The summed E-state index contributed by atoms with van der Waals surface area (Å²) in [5.74, 6) is -1.64. The summed E-state index contributed by atoms with van der Waals surface area (Å²) in [5.41, 5.74) is 0. The minimum absolute atomic E-state index is 0.372. The summed E-state index contributed by atoms with van der Waals surface area (Å²) in [6.45, 7) is 1.61. The normalized spacial score (nSPS) is 20.2. The van der Waals surface area contributed by atoms with E-state index in [4.69, 9.17) is 9.47 Å². The highest BCUT2D eigenvalue weighted by atomic mass is 19.4. The van der Waals surface area contributed by atoms with Gasteiger partial charge in [-0.25, -0.2) is 0 Å². The second-order valence-electron chi connectivity index (χ2n) is 4.80. The van der Waals surface area contributed by atoms with Crippen molar-refractivity contribution in [1.82, 2.24) is 15.2 Å². The Labute approximate surface area is 127 Å². The molecule has 1 amide bonds. The molecular weight excluding hydrogens is 317 g/mol. The molecule has 10 heteroatoms. The molecule has 0 fully saturated rings. The number of para-hydroxylation sites is 2. The molecule has 1 aromatic heterocycles. The van der Waals surface area contributed by atoms with Gasteiger partial charge in [0.15, 0.2) is 11.5 Å². The summed E-state index contributed by atoms with van der Waals surface area (Å²) in [7, 11) is 0. The van der Waals surface area contributed by atoms with Crippen LogP contribution >= 0.6 is 0 Å². The fraction of sp³-hybridized carbons (Fsp3) is 0.308. The maximum Gasteiger partial charge on any atom is 0.451 e. The predicted octanol–water partition coefficient (Wildman–Crippen LogP) is 1.99. The largest absolute Gasteiger partial charge is 0.482 e. The van der Waals surface area contributed by atoms with Gasteiger partial charge in [-0.05, 0) is 19.1 Å². The van der Waals surface area contributed by atoms with Crippen LogP contribution in [0.15, 0.2) is 24.3 Å². The van der Waals surface area contributed by atoms with Crippen molar-refractivity contribution in [2.75, 3.05) is 5.32 Å². The minimum atomic E-state index is -4.67. The van der Waals surface area contributed by atoms with Crippen molar-refractivity contribution in [2.24, 2.45) is 0 Å². The maximum atomic E-state index is 12.4. The highest BCUT2D eigenvalue weighted by Gasteiger charge is 2.37. The number of benzene rings is 1. The van der Waals surface area contributed by atoms with Crippen LogP contribution in [0.2, 0.25) is 0 Å². The molecule has 0 unspecified atom stereocenters. The fourth-order valence-corrected chi connectivity index (χ4v) is 2.03. The van der Waals surface area contributed by atoms with E-state index in [2.05, 4.69) is 15.4 Å². The number of halogens is 3. The molecule has 2 atom stereocenters. The van der Waals surface area contributed by atoms with E-state index in [9.17, 15) is 18.0 Å². The summed E-state index contributed by atoms with van der Waals surface area (Å²) in [4.78, 5) is 15.3. The summed E-state index contributed by atoms with van der Waals surface area (Å²) >= 11 is 0. The van der Waals surface area contributed by atoms with E-state index in [1.807, 2.05) is 0 Å². The van der Waals surface area contributed by atoms with Crippen LogP contribution in [0.3, 0.4) is 0 Å². The van der Waals surface area contributed by atoms with Crippen LogP contribution in [0.1, 0.15) is 12.7 Å². The first-order valence-corrected chi connectivity index (χ1v) is 6.57. The fourth-order valence-electron chi connectivity index (χ4n) is 2.03. The van der Waals surface area contributed by atoms with Gasteiger partial charge >= 0.3 is 6.18 Å². The van der Waals surface area contributed by atoms with Crippen LogP contribution in [-0.2, 0) is 11.0 Å². The van der Waals surface area contributed by atoms with Crippen LogP contribution in [0.4, 0.5) is 19.1 Å². The van der Waals surface area contributed by atoms with E-state index in [1.54, 1.807) is 36.3 Å². The molecule has 1 aromatic carbocycles. The van der Waals surface area contributed by atoms with Crippen molar-refractivity contribution in [1.29, 1.82) is 0 Å². The lowest BCUT2D eigenvalue weighted by molar-refractivity contribution is -0.144. The molecule has 0 radical (unpaired) electrons. The summed E-state index contributed by atoms with van der Waals surface area (Å²) < 4.78 is 48.4. The van der Waals surface area contributed by atoms with Gasteiger partial charge < -0.3 is 9.47 Å². The Morgan fingerprint density at radius 3 is 2.52 bits per heavy atom. The van der Waals surface area contributed by atoms with Crippen molar-refractivity contribution >= 4 is 11.9 Å². The van der Waals surface area contributed by atoms with Crippen LogP contribution < -0.4 is 14.8 Å². The number of aromatic amines is 1. The first-order chi connectivity index (χ1) is 10.8. The number of ether oxygens (including phenoxy) is 2. The van der Waals surface area contributed by atoms with Gasteiger partial charge in [0.25, 0.3) is 5.91 Å². The van der Waals surface area contributed by atoms with Crippen LogP contribution in [0.25, 0.3) is 0 Å². The van der Waals surface area contributed by atoms with Gasteiger partial charge in [0.05, 0.1) is 0 Å². The third kappa shape index (κ3) is 3.05. The number of fused-ring (bicyclic) bond motifs is 1. The first-order valence-electron chi connectivity index (χ1n) is 6.57. The second kappa shape index (κ2) is 5.45. The lowest BCUT2D eigenvalue weighted by Crippen LogP contribution is -2.46. The van der Waals surface area contributed by atoms with Crippen molar-refractivity contribution in [3.63, 3.8) is 0 Å². The number of hydrogen-bond acceptors (Lipinski definition) is 5. The third-order valence-electron chi connectivity index (χ3n) is 3.09. The van der Waals surface area contributed by atoms with Crippen LogP contribution in [-0.4, -0.2) is 33.3 Å². The van der Waals surface area contributed by atoms with E-state index in [0.29, 0.717) is 11.5 Å². The lowest BCUT2D eigenvalue weighted by Gasteiger charge is -2.30. The van der Waals surface area contributed by atoms with Gasteiger partial charge in [-0.2, -0.15) is 18.2 Å². The van der Waals surface area contributed by atoms with E-state index >= 15 is 0 Å². The van der Waals surface area contributed by atoms with Gasteiger partial charge in [0.2, 0.25) is 17.9 Å². The molecule has 122 valence electrons. The number of amides is 1. The highest BCUT2D eigenvalue weighted by Crippen LogP contribution is 2.33. The SMILES string of the molecule is C[C@H]1Oc2ccccc2O[C@@H]1C(=O)Nc1n[nH]c(C(F)(F)F)n1. The number of hydrogen-bond donors (Lipinski definition) is 2. The Morgan fingerprint density at radius 1 is 1.26 bits per heavy atom. The smallest absolute Gasteiger partial charge is 0.451 e. The molecule has 0 aliphatic carbocycles. The molecule has 2 aromatic rings. The molecule has 7 nitrogen and oxygen atoms in total. The number of carbonyl (C=O) groups excluding carboxylic acids is 1. The molecule has 1 aliphatic rings. The summed E-state index contributed by atoms with van der Waals surface area (Å²) in [6, 6.07) is 6.76. The van der Waals surface area contributed by atoms with Crippen LogP contribution in [0, 0.1) is 0 Å². The molecule has 2 heterocycles. The maximum absolute atomic E-state index is 12.4. The predicted molar refractivity (Wildman–Crippen MR) is 71.0 cm³/mol. The first kappa shape index (κ1) is 15.1. The third-order valence-corrected chi connectivity index (χ3v) is 3.09. The number of nitrogens with zero attached hydrogens (tertiary/aromatic N) is 2. The standard InChI is InChI=1S/C13H11F3N4O3/c1-6-9(23-8-5-3-2-4-7(8)22-6)10(21)17-12-18-11(19-20-12)13(14,15)16/h2-6,9H,1H3,(H2,17,18,19,20,21)/t6-,9+/m1/s1. The molecule has 2 N–H and O–H groups in total. The molecule has 0 saturated heterocycles. The van der Waals surface area contributed by atoms with E-state index in [0.717, 1.165) is 0 Å². The number of aromatic nitrogens is 3. The van der Waals surface area contributed by atoms with Gasteiger partial charge in [0.1, 0.15) is 6.10 Å². The van der Waals surface area contributed by atoms with Gasteiger partial charge in [0, 0.05) is 0 Å². The average molecular weight is 328 g/mol. The Bertz CT molecular complexity index is 731. The number of H-pyrrole nitrogens is 1. The van der Waals surface area contributed by atoms with E-state index in [-0.39, 0.29) is 0 Å². The zero-order chi connectivity index (χ0) is 16.6. The molecule has 0 saturated carbocycles. The van der Waals surface area contributed by atoms with Crippen molar-refractivity contribution in [2.45, 2.75) is 25.3 Å². The Kier molecular flexibility index (Phi) is 3.58. The van der Waals surface area contributed by atoms with Gasteiger partial charge in [-0.15, -0.1) is 5.10 Å². The molecule has 0 bridgehead atoms.